The fourth-order valence-electron chi connectivity index (χ4n) is 3.89. The molecule has 0 aliphatic rings. The number of aromatic hydroxyl groups is 1. The Labute approximate surface area is 236 Å². The topological polar surface area (TPSA) is 263 Å². The first-order valence-corrected chi connectivity index (χ1v) is 13.1. The summed E-state index contributed by atoms with van der Waals surface area (Å²) in [5.41, 5.74) is 12.4. The SMILES string of the molecule is NCCCCC(NC(=O)C(Cc1cnc[nH]1)NC(=O)C(N)CCC(=O)O)C(=O)NC(Cc1ccc(O)cc1)C(=O)O. The Morgan fingerprint density at radius 3 is 2.07 bits per heavy atom. The van der Waals surface area contributed by atoms with E-state index in [9.17, 15) is 34.2 Å². The molecule has 0 aliphatic heterocycles. The fraction of sp³-hybridized carbons (Fsp3) is 0.462. The molecule has 41 heavy (non-hydrogen) atoms. The summed E-state index contributed by atoms with van der Waals surface area (Å²) < 4.78 is 0. The number of carboxylic acids is 2. The summed E-state index contributed by atoms with van der Waals surface area (Å²) in [6, 6.07) is 0.968. The molecule has 0 radical (unpaired) electrons. The van der Waals surface area contributed by atoms with Crippen LogP contribution in [-0.4, -0.2) is 85.7 Å². The molecule has 0 aliphatic carbocycles. The van der Waals surface area contributed by atoms with Crippen LogP contribution >= 0.6 is 0 Å². The number of aromatic amines is 1. The number of nitrogens with two attached hydrogens (primary N) is 2. The maximum Gasteiger partial charge on any atom is 0.326 e. The quantitative estimate of drug-likeness (QED) is 0.0949. The Kier molecular flexibility index (Phi) is 13.2. The third-order valence-electron chi connectivity index (χ3n) is 6.19. The first-order valence-electron chi connectivity index (χ1n) is 13.1. The number of H-pyrrole nitrogens is 1. The van der Waals surface area contributed by atoms with Crippen molar-refractivity contribution in [1.29, 1.82) is 0 Å². The third-order valence-corrected chi connectivity index (χ3v) is 6.19. The van der Waals surface area contributed by atoms with Crippen molar-refractivity contribution in [3.8, 4) is 5.75 Å². The van der Waals surface area contributed by atoms with Crippen LogP contribution in [-0.2, 0) is 36.8 Å². The van der Waals surface area contributed by atoms with E-state index in [1.165, 1.54) is 36.8 Å². The molecule has 2 rings (SSSR count). The van der Waals surface area contributed by atoms with Crippen LogP contribution in [0.3, 0.4) is 0 Å². The summed E-state index contributed by atoms with van der Waals surface area (Å²) in [7, 11) is 0. The molecular weight excluding hydrogens is 538 g/mol. The van der Waals surface area contributed by atoms with Gasteiger partial charge in [-0.2, -0.15) is 0 Å². The Bertz CT molecular complexity index is 1160. The summed E-state index contributed by atoms with van der Waals surface area (Å²) in [6.07, 6.45) is 3.35. The highest BCUT2D eigenvalue weighted by Gasteiger charge is 2.30. The smallest absolute Gasteiger partial charge is 0.326 e. The zero-order valence-electron chi connectivity index (χ0n) is 22.4. The maximum absolute atomic E-state index is 13.3. The van der Waals surface area contributed by atoms with Crippen LogP contribution in [0.2, 0.25) is 0 Å². The van der Waals surface area contributed by atoms with Crippen LogP contribution in [0.15, 0.2) is 36.8 Å². The fourth-order valence-corrected chi connectivity index (χ4v) is 3.89. The molecule has 15 heteroatoms. The molecule has 2 aromatic rings. The van der Waals surface area contributed by atoms with Crippen LogP contribution in [0.4, 0.5) is 0 Å². The zero-order valence-corrected chi connectivity index (χ0v) is 22.4. The van der Waals surface area contributed by atoms with E-state index in [-0.39, 0.29) is 37.9 Å². The minimum absolute atomic E-state index is 0.00644. The molecule has 0 saturated heterocycles. The molecule has 1 heterocycles. The number of amides is 3. The highest BCUT2D eigenvalue weighted by molar-refractivity contribution is 5.94. The summed E-state index contributed by atoms with van der Waals surface area (Å²) in [5.74, 6) is -4.65. The van der Waals surface area contributed by atoms with E-state index >= 15 is 0 Å². The number of phenols is 1. The van der Waals surface area contributed by atoms with Gasteiger partial charge < -0.3 is 47.7 Å². The first-order chi connectivity index (χ1) is 19.5. The standard InChI is InChI=1S/C26H37N7O8/c27-10-2-1-3-19(24(38)33-21(26(40)41)11-15-4-6-17(34)7-5-15)31-25(39)20(12-16-13-29-14-30-16)32-23(37)18(28)8-9-22(35)36/h4-7,13-14,18-21,34H,1-3,8-12,27-28H2,(H,29,30)(H,31,39)(H,32,37)(H,33,38)(H,35,36)(H,40,41). The van der Waals surface area contributed by atoms with Crippen LogP contribution in [0, 0.1) is 0 Å². The molecule has 1 aromatic carbocycles. The maximum atomic E-state index is 13.3. The predicted octanol–water partition coefficient (Wildman–Crippen LogP) is -1.24. The van der Waals surface area contributed by atoms with Gasteiger partial charge in [-0.15, -0.1) is 0 Å². The van der Waals surface area contributed by atoms with Crippen molar-refractivity contribution in [3.63, 3.8) is 0 Å². The van der Waals surface area contributed by atoms with E-state index < -0.39 is 53.8 Å². The average molecular weight is 576 g/mol. The van der Waals surface area contributed by atoms with Crippen molar-refractivity contribution in [3.05, 3.63) is 48.0 Å². The number of phenolic OH excluding ortho intramolecular Hbond substituents is 1. The minimum atomic E-state index is -1.33. The van der Waals surface area contributed by atoms with Gasteiger partial charge in [-0.05, 0) is 49.9 Å². The van der Waals surface area contributed by atoms with Crippen LogP contribution in [0.5, 0.6) is 5.75 Å². The number of aliphatic carboxylic acids is 2. The number of aromatic nitrogens is 2. The van der Waals surface area contributed by atoms with Crippen molar-refractivity contribution >= 4 is 29.7 Å². The normalized spacial score (nSPS) is 13.8. The van der Waals surface area contributed by atoms with E-state index in [0.717, 1.165) is 0 Å². The van der Waals surface area contributed by atoms with E-state index in [1.54, 1.807) is 0 Å². The van der Waals surface area contributed by atoms with Gasteiger partial charge in [0.15, 0.2) is 0 Å². The lowest BCUT2D eigenvalue weighted by Gasteiger charge is -2.25. The number of hydrogen-bond donors (Lipinski definition) is 9. The van der Waals surface area contributed by atoms with E-state index in [2.05, 4.69) is 25.9 Å². The molecule has 1 aromatic heterocycles. The lowest BCUT2D eigenvalue weighted by Crippen LogP contribution is -2.57. The highest BCUT2D eigenvalue weighted by Crippen LogP contribution is 2.12. The van der Waals surface area contributed by atoms with Crippen LogP contribution in [0.25, 0.3) is 0 Å². The molecule has 4 unspecified atom stereocenters. The molecule has 0 bridgehead atoms. The first kappa shape index (κ1) is 32.7. The number of unbranched alkanes of at least 4 members (excludes halogenated alkanes) is 1. The lowest BCUT2D eigenvalue weighted by molar-refractivity contribution is -0.142. The second-order valence-corrected chi connectivity index (χ2v) is 9.50. The number of nitrogens with zero attached hydrogens (tertiary/aromatic N) is 1. The van der Waals surface area contributed by atoms with Gasteiger partial charge in [0.25, 0.3) is 0 Å². The molecule has 0 spiro atoms. The van der Waals surface area contributed by atoms with Gasteiger partial charge in [0.1, 0.15) is 23.9 Å². The van der Waals surface area contributed by atoms with Crippen molar-refractivity contribution in [2.24, 2.45) is 11.5 Å². The van der Waals surface area contributed by atoms with Gasteiger partial charge >= 0.3 is 11.9 Å². The van der Waals surface area contributed by atoms with Gasteiger partial charge in [-0.3, -0.25) is 19.2 Å². The number of hydrogen-bond acceptors (Lipinski definition) is 9. The number of nitrogens with one attached hydrogen (secondary N) is 4. The number of imidazole rings is 1. The van der Waals surface area contributed by atoms with Crippen molar-refractivity contribution < 1.29 is 39.3 Å². The molecule has 3 amide bonds. The molecular formula is C26H37N7O8. The van der Waals surface area contributed by atoms with Crippen molar-refractivity contribution in [2.75, 3.05) is 6.54 Å². The molecule has 11 N–H and O–H groups in total. The summed E-state index contributed by atoms with van der Waals surface area (Å²) in [4.78, 5) is 68.6. The monoisotopic (exact) mass is 575 g/mol. The second kappa shape index (κ2) is 16.6. The van der Waals surface area contributed by atoms with Crippen LogP contribution < -0.4 is 27.4 Å². The number of carbonyl (C=O) groups is 5. The number of carbonyl (C=O) groups excluding carboxylic acids is 3. The van der Waals surface area contributed by atoms with Crippen molar-refractivity contribution in [2.45, 2.75) is 69.1 Å². The average Bonchev–Trinajstić information content (AvgIpc) is 3.44. The van der Waals surface area contributed by atoms with Crippen LogP contribution in [0.1, 0.15) is 43.4 Å². The molecule has 0 saturated carbocycles. The zero-order chi connectivity index (χ0) is 30.4. The molecule has 4 atom stereocenters. The predicted molar refractivity (Wildman–Crippen MR) is 145 cm³/mol. The molecule has 224 valence electrons. The summed E-state index contributed by atoms with van der Waals surface area (Å²) in [6.45, 7) is 0.341. The van der Waals surface area contributed by atoms with Gasteiger partial charge in [0.2, 0.25) is 17.7 Å². The Morgan fingerprint density at radius 1 is 0.854 bits per heavy atom. The lowest BCUT2D eigenvalue weighted by atomic mass is 10.0. The molecule has 15 nitrogen and oxygen atoms in total. The van der Waals surface area contributed by atoms with Gasteiger partial charge in [0.05, 0.1) is 12.4 Å². The summed E-state index contributed by atoms with van der Waals surface area (Å²) in [5, 5.41) is 35.6. The Balaban J connectivity index is 2.18. The molecule has 0 fully saturated rings. The Hall–Kier alpha value is -4.50. The largest absolute Gasteiger partial charge is 0.508 e. The number of carboxylic acid groups (broad SMARTS) is 2. The minimum Gasteiger partial charge on any atom is -0.508 e. The summed E-state index contributed by atoms with van der Waals surface area (Å²) >= 11 is 0. The van der Waals surface area contributed by atoms with E-state index in [0.29, 0.717) is 30.6 Å². The Morgan fingerprint density at radius 2 is 1.49 bits per heavy atom. The van der Waals surface area contributed by atoms with E-state index in [1.807, 2.05) is 0 Å². The van der Waals surface area contributed by atoms with E-state index in [4.69, 9.17) is 16.6 Å². The van der Waals surface area contributed by atoms with Crippen molar-refractivity contribution in [1.82, 2.24) is 25.9 Å². The van der Waals surface area contributed by atoms with Gasteiger partial charge in [-0.25, -0.2) is 9.78 Å². The third kappa shape index (κ3) is 11.6. The highest BCUT2D eigenvalue weighted by atomic mass is 16.4. The second-order valence-electron chi connectivity index (χ2n) is 9.50. The number of benzene rings is 1. The van der Waals surface area contributed by atoms with Gasteiger partial charge in [0, 0.05) is 31.2 Å². The van der Waals surface area contributed by atoms with Gasteiger partial charge in [-0.1, -0.05) is 12.1 Å². The number of rotatable bonds is 18.